The Morgan fingerprint density at radius 2 is 2.17 bits per heavy atom. The van der Waals surface area contributed by atoms with Crippen molar-refractivity contribution in [1.82, 2.24) is 10.2 Å². The number of Topliss-reactive ketones (excluding diaryl/α,β-unsaturated/α-hetero) is 1. The highest BCUT2D eigenvalue weighted by molar-refractivity contribution is 8.02. The summed E-state index contributed by atoms with van der Waals surface area (Å²) in [5, 5.41) is 11.3. The van der Waals surface area contributed by atoms with Crippen molar-refractivity contribution in [3.8, 4) is 0 Å². The summed E-state index contributed by atoms with van der Waals surface area (Å²) < 4.78 is -0.953. The van der Waals surface area contributed by atoms with E-state index in [9.17, 15) is 24.3 Å². The van der Waals surface area contributed by atoms with Crippen LogP contribution >= 0.6 is 11.8 Å². The summed E-state index contributed by atoms with van der Waals surface area (Å²) in [6, 6.07) is -1.92. The Bertz CT molecular complexity index is 667. The molecule has 0 aromatic carbocycles. The number of nitrogens with two attached hydrogens (primary N) is 1. The number of amides is 2. The van der Waals surface area contributed by atoms with Gasteiger partial charge in [-0.2, -0.15) is 0 Å². The summed E-state index contributed by atoms with van der Waals surface area (Å²) in [5.74, 6) is -2.79. The molecule has 0 radical (unpaired) electrons. The molecule has 3 aliphatic rings. The highest BCUT2D eigenvalue weighted by atomic mass is 32.2. The van der Waals surface area contributed by atoms with Crippen molar-refractivity contribution >= 4 is 35.3 Å². The topological polar surface area (TPSA) is 130 Å². The Labute approximate surface area is 142 Å². The minimum absolute atomic E-state index is 0.118. The van der Waals surface area contributed by atoms with E-state index < -0.39 is 45.5 Å². The van der Waals surface area contributed by atoms with Crippen LogP contribution in [0.4, 0.5) is 0 Å². The van der Waals surface area contributed by atoms with Gasteiger partial charge in [0, 0.05) is 6.42 Å². The van der Waals surface area contributed by atoms with E-state index in [0.717, 1.165) is 11.8 Å². The highest BCUT2D eigenvalue weighted by Gasteiger charge is 2.75. The quantitative estimate of drug-likeness (QED) is 0.338. The Kier molecular flexibility index (Phi) is 3.76. The first-order valence-corrected chi connectivity index (χ1v) is 8.55. The number of nitrogens with one attached hydrogen (secondary N) is 1. The second-order valence-electron chi connectivity index (χ2n) is 6.53. The van der Waals surface area contributed by atoms with Crippen LogP contribution in [-0.2, 0) is 19.2 Å². The van der Waals surface area contributed by atoms with Crippen molar-refractivity contribution in [2.75, 3.05) is 0 Å². The monoisotopic (exact) mass is 353 g/mol. The maximum atomic E-state index is 12.8. The van der Waals surface area contributed by atoms with Crippen molar-refractivity contribution in [3.05, 3.63) is 12.7 Å². The number of carbonyl (C=O) groups is 4. The molecule has 3 heterocycles. The van der Waals surface area contributed by atoms with Gasteiger partial charge in [0.05, 0.1) is 10.8 Å². The number of nitrogens with zero attached hydrogens (tertiary/aromatic N) is 1. The number of ketones is 1. The fraction of sp³-hybridized carbons (Fsp3) is 0.600. The number of hydrogen-bond acceptors (Lipinski definition) is 6. The molecule has 0 aromatic heterocycles. The summed E-state index contributed by atoms with van der Waals surface area (Å²) >= 11 is 1.16. The van der Waals surface area contributed by atoms with Gasteiger partial charge in [-0.05, 0) is 19.8 Å². The Morgan fingerprint density at radius 1 is 1.50 bits per heavy atom. The van der Waals surface area contributed by atoms with Gasteiger partial charge >= 0.3 is 5.97 Å². The molecule has 24 heavy (non-hydrogen) atoms. The molecule has 3 rings (SSSR count). The number of thioether (sulfide) groups is 1. The van der Waals surface area contributed by atoms with Gasteiger partial charge in [0.25, 0.3) is 5.91 Å². The van der Waals surface area contributed by atoms with E-state index >= 15 is 0 Å². The molecule has 0 aliphatic carbocycles. The van der Waals surface area contributed by atoms with Crippen LogP contribution in [0.3, 0.4) is 0 Å². The zero-order valence-corrected chi connectivity index (χ0v) is 14.0. The highest BCUT2D eigenvalue weighted by Crippen LogP contribution is 2.56. The maximum absolute atomic E-state index is 12.8. The van der Waals surface area contributed by atoms with E-state index in [4.69, 9.17) is 5.73 Å². The first-order chi connectivity index (χ1) is 11.2. The molecule has 0 saturated carbocycles. The van der Waals surface area contributed by atoms with Gasteiger partial charge in [0.15, 0.2) is 5.78 Å². The van der Waals surface area contributed by atoms with Gasteiger partial charge in [-0.25, -0.2) is 4.79 Å². The Morgan fingerprint density at radius 3 is 2.75 bits per heavy atom. The molecule has 9 heteroatoms. The Balaban J connectivity index is 2.03. The van der Waals surface area contributed by atoms with Crippen LogP contribution in [0.5, 0.6) is 0 Å². The zero-order valence-electron chi connectivity index (χ0n) is 13.2. The van der Waals surface area contributed by atoms with Crippen molar-refractivity contribution in [2.45, 2.75) is 53.9 Å². The van der Waals surface area contributed by atoms with Crippen LogP contribution in [0.1, 0.15) is 26.2 Å². The van der Waals surface area contributed by atoms with Crippen molar-refractivity contribution in [1.29, 1.82) is 0 Å². The molecule has 0 aromatic rings. The largest absolute Gasteiger partial charge is 0.480 e. The molecule has 5 atom stereocenters. The fourth-order valence-electron chi connectivity index (χ4n) is 3.60. The molecule has 3 saturated heterocycles. The first-order valence-electron chi connectivity index (χ1n) is 7.67. The summed E-state index contributed by atoms with van der Waals surface area (Å²) in [5.41, 5.74) is 4.05. The summed E-state index contributed by atoms with van der Waals surface area (Å²) in [7, 11) is 0. The van der Waals surface area contributed by atoms with Gasteiger partial charge in [-0.1, -0.05) is 6.08 Å². The third-order valence-corrected chi connectivity index (χ3v) is 6.74. The Hall–Kier alpha value is -1.87. The number of carboxylic acid groups (broad SMARTS) is 1. The summed E-state index contributed by atoms with van der Waals surface area (Å²) in [4.78, 5) is 50.5. The number of aliphatic carboxylic acids is 1. The first kappa shape index (κ1) is 17.0. The van der Waals surface area contributed by atoms with E-state index in [-0.39, 0.29) is 12.2 Å². The lowest BCUT2D eigenvalue weighted by atomic mass is 9.77. The van der Waals surface area contributed by atoms with Crippen molar-refractivity contribution in [2.24, 2.45) is 5.73 Å². The van der Waals surface area contributed by atoms with Crippen LogP contribution in [0.25, 0.3) is 0 Å². The second-order valence-corrected chi connectivity index (χ2v) is 8.09. The predicted octanol–water partition coefficient (Wildman–Crippen LogP) is -0.765. The average Bonchev–Trinajstić information content (AvgIpc) is 2.82. The number of carboxylic acids is 1. The van der Waals surface area contributed by atoms with E-state index in [0.29, 0.717) is 12.8 Å². The molecule has 1 spiro atoms. The molecule has 130 valence electrons. The van der Waals surface area contributed by atoms with E-state index in [1.165, 1.54) is 11.0 Å². The van der Waals surface area contributed by atoms with Gasteiger partial charge in [-0.3, -0.25) is 14.4 Å². The van der Waals surface area contributed by atoms with Crippen molar-refractivity contribution < 1.29 is 24.3 Å². The zero-order chi connectivity index (χ0) is 17.9. The third kappa shape index (κ3) is 1.97. The predicted molar refractivity (Wildman–Crippen MR) is 86.0 cm³/mol. The SMILES string of the molecule is C=C[C@]1(C)S[C@@H]2N(C(=O)[C@]23NC(=O)C(N)CCCC3=O)C1C(=O)O. The normalized spacial score (nSPS) is 42.0. The minimum atomic E-state index is -1.71. The van der Waals surface area contributed by atoms with Gasteiger partial charge in [0.1, 0.15) is 11.4 Å². The lowest BCUT2D eigenvalue weighted by Gasteiger charge is -2.52. The molecular formula is C15H19N3O5S. The fourth-order valence-corrected chi connectivity index (χ4v) is 5.32. The second kappa shape index (κ2) is 5.32. The molecule has 8 nitrogen and oxygen atoms in total. The van der Waals surface area contributed by atoms with Crippen molar-refractivity contribution in [3.63, 3.8) is 0 Å². The molecule has 3 aliphatic heterocycles. The molecule has 0 bridgehead atoms. The molecular weight excluding hydrogens is 334 g/mol. The van der Waals surface area contributed by atoms with Crippen LogP contribution < -0.4 is 11.1 Å². The smallest absolute Gasteiger partial charge is 0.328 e. The lowest BCUT2D eigenvalue weighted by molar-refractivity contribution is -0.172. The molecule has 2 unspecified atom stereocenters. The lowest BCUT2D eigenvalue weighted by Crippen LogP contribution is -2.83. The van der Waals surface area contributed by atoms with E-state index in [2.05, 4.69) is 11.9 Å². The summed E-state index contributed by atoms with van der Waals surface area (Å²) in [6.45, 7) is 5.32. The number of hydrogen-bond donors (Lipinski definition) is 3. The van der Waals surface area contributed by atoms with Crippen LogP contribution in [-0.4, -0.2) is 61.3 Å². The molecule has 2 amide bonds. The standard InChI is InChI=1S/C15H19N3O5S/c1-3-14(2)9(11(21)22)18-12(23)15(13(18)24-14)8(19)6-4-5-7(16)10(20)17-15/h3,7,9,13H,1,4-6,16H2,2H3,(H,17,20)(H,21,22)/t7?,9?,13-,14-,15-/m0/s1. The number of fused-ring (bicyclic) bond motifs is 2. The maximum Gasteiger partial charge on any atom is 0.328 e. The van der Waals surface area contributed by atoms with Gasteiger partial charge < -0.3 is 21.1 Å². The molecule has 3 fully saturated rings. The average molecular weight is 353 g/mol. The molecule has 4 N–H and O–H groups in total. The minimum Gasteiger partial charge on any atom is -0.480 e. The third-order valence-electron chi connectivity index (χ3n) is 5.04. The number of β-lactam (4-membered cyclic amide) rings is 1. The number of rotatable bonds is 2. The van der Waals surface area contributed by atoms with Crippen LogP contribution in [0, 0.1) is 0 Å². The summed E-state index contributed by atoms with van der Waals surface area (Å²) in [6.07, 6.45) is 2.37. The van der Waals surface area contributed by atoms with Gasteiger partial charge in [-0.15, -0.1) is 18.3 Å². The van der Waals surface area contributed by atoms with E-state index in [1.54, 1.807) is 6.92 Å². The van der Waals surface area contributed by atoms with Crippen LogP contribution in [0.2, 0.25) is 0 Å². The van der Waals surface area contributed by atoms with Crippen LogP contribution in [0.15, 0.2) is 12.7 Å². The van der Waals surface area contributed by atoms with E-state index in [1.807, 2.05) is 0 Å². The van der Waals surface area contributed by atoms with Gasteiger partial charge in [0.2, 0.25) is 11.4 Å². The number of carbonyl (C=O) groups excluding carboxylic acids is 3.